The highest BCUT2D eigenvalue weighted by Gasteiger charge is 2.30. The van der Waals surface area contributed by atoms with E-state index in [4.69, 9.17) is 9.47 Å². The third-order valence-electron chi connectivity index (χ3n) is 5.96. The summed E-state index contributed by atoms with van der Waals surface area (Å²) in [6.45, 7) is 0.655. The first-order valence-corrected chi connectivity index (χ1v) is 12.5. The molecule has 4 rings (SSSR count). The Balaban J connectivity index is 1.34. The number of nitrogens with zero attached hydrogens (tertiary/aromatic N) is 2. The van der Waals surface area contributed by atoms with Gasteiger partial charge in [-0.3, -0.25) is 9.59 Å². The first-order chi connectivity index (χ1) is 16.8. The van der Waals surface area contributed by atoms with Crippen LogP contribution in [0.1, 0.15) is 10.4 Å². The van der Waals surface area contributed by atoms with E-state index in [9.17, 15) is 18.0 Å². The van der Waals surface area contributed by atoms with Gasteiger partial charge in [-0.2, -0.15) is 4.31 Å². The normalized spacial score (nSPS) is 14.5. The number of nitrogens with one attached hydrogen (secondary N) is 1. The minimum absolute atomic E-state index is 0.182. The molecule has 0 aliphatic carbocycles. The van der Waals surface area contributed by atoms with Gasteiger partial charge in [0.05, 0.1) is 25.7 Å². The minimum Gasteiger partial charge on any atom is -0.497 e. The van der Waals surface area contributed by atoms with Crippen molar-refractivity contribution in [3.8, 4) is 11.5 Å². The van der Waals surface area contributed by atoms with Crippen molar-refractivity contribution in [1.29, 1.82) is 0 Å². The van der Waals surface area contributed by atoms with E-state index in [-0.39, 0.29) is 43.5 Å². The van der Waals surface area contributed by atoms with Gasteiger partial charge in [-0.15, -0.1) is 0 Å². The highest BCUT2D eigenvalue weighted by Crippen LogP contribution is 2.24. The molecular formula is C25H27N3O6S. The summed E-state index contributed by atoms with van der Waals surface area (Å²) in [7, 11) is -0.704. The number of amides is 2. The molecule has 3 aromatic rings. The number of carbonyl (C=O) groups excluding carboxylic acids is 2. The van der Waals surface area contributed by atoms with E-state index >= 15 is 0 Å². The highest BCUT2D eigenvalue weighted by molar-refractivity contribution is 7.89. The Labute approximate surface area is 204 Å². The average Bonchev–Trinajstić information content (AvgIpc) is 2.90. The average molecular weight is 498 g/mol. The monoisotopic (exact) mass is 497 g/mol. The van der Waals surface area contributed by atoms with Crippen LogP contribution >= 0.6 is 0 Å². The summed E-state index contributed by atoms with van der Waals surface area (Å²) in [5, 5.41) is 4.43. The van der Waals surface area contributed by atoms with E-state index in [2.05, 4.69) is 5.32 Å². The summed E-state index contributed by atoms with van der Waals surface area (Å²) in [6, 6.07) is 17.4. The van der Waals surface area contributed by atoms with Gasteiger partial charge in [0.15, 0.2) is 0 Å². The van der Waals surface area contributed by atoms with E-state index in [1.54, 1.807) is 41.3 Å². The third kappa shape index (κ3) is 5.39. The lowest BCUT2D eigenvalue weighted by Crippen LogP contribution is -2.52. The number of hydrogen-bond acceptors (Lipinski definition) is 6. The number of carbonyl (C=O) groups is 2. The second-order valence-electron chi connectivity index (χ2n) is 8.08. The molecule has 0 unspecified atom stereocenters. The van der Waals surface area contributed by atoms with E-state index in [1.807, 2.05) is 24.3 Å². The summed E-state index contributed by atoms with van der Waals surface area (Å²) in [6.07, 6.45) is 0. The Bertz CT molecular complexity index is 1330. The maximum Gasteiger partial charge on any atom is 0.251 e. The molecule has 35 heavy (non-hydrogen) atoms. The molecule has 0 bridgehead atoms. The quantitative estimate of drug-likeness (QED) is 0.536. The molecule has 2 amide bonds. The molecule has 3 aromatic carbocycles. The third-order valence-corrected chi connectivity index (χ3v) is 7.86. The maximum absolute atomic E-state index is 13.1. The second kappa shape index (κ2) is 10.3. The first-order valence-electron chi connectivity index (χ1n) is 11.1. The fraction of sp³-hybridized carbons (Fsp3) is 0.280. The Morgan fingerprint density at radius 3 is 2.11 bits per heavy atom. The van der Waals surface area contributed by atoms with Gasteiger partial charge in [0.2, 0.25) is 15.9 Å². The summed E-state index contributed by atoms with van der Waals surface area (Å²) in [5.74, 6) is 0.207. The smallest absolute Gasteiger partial charge is 0.251 e. The van der Waals surface area contributed by atoms with E-state index < -0.39 is 15.9 Å². The van der Waals surface area contributed by atoms with Crippen molar-refractivity contribution in [2.24, 2.45) is 0 Å². The van der Waals surface area contributed by atoms with Crippen LogP contribution in [0.2, 0.25) is 0 Å². The van der Waals surface area contributed by atoms with Crippen LogP contribution in [0.5, 0.6) is 11.5 Å². The Morgan fingerprint density at radius 2 is 1.49 bits per heavy atom. The fourth-order valence-corrected chi connectivity index (χ4v) is 5.42. The number of piperazine rings is 1. The van der Waals surface area contributed by atoms with Crippen LogP contribution in [0.3, 0.4) is 0 Å². The van der Waals surface area contributed by atoms with Crippen molar-refractivity contribution in [2.75, 3.05) is 46.9 Å². The molecular weight excluding hydrogens is 470 g/mol. The molecule has 1 N–H and O–H groups in total. The van der Waals surface area contributed by atoms with E-state index in [0.717, 1.165) is 10.8 Å². The number of methoxy groups -OCH3 is 2. The Kier molecular flexibility index (Phi) is 7.23. The van der Waals surface area contributed by atoms with Crippen LogP contribution in [0.15, 0.2) is 65.6 Å². The summed E-state index contributed by atoms with van der Waals surface area (Å²) >= 11 is 0. The number of ether oxygens (including phenoxy) is 2. The maximum atomic E-state index is 13.1. The molecule has 10 heteroatoms. The molecule has 184 valence electrons. The minimum atomic E-state index is -3.68. The number of fused-ring (bicyclic) bond motifs is 1. The van der Waals surface area contributed by atoms with Crippen molar-refractivity contribution >= 4 is 32.6 Å². The number of rotatable bonds is 7. The summed E-state index contributed by atoms with van der Waals surface area (Å²) in [4.78, 5) is 27.0. The molecule has 1 fully saturated rings. The largest absolute Gasteiger partial charge is 0.497 e. The lowest BCUT2D eigenvalue weighted by molar-refractivity contribution is -0.131. The van der Waals surface area contributed by atoms with Crippen LogP contribution in [0.4, 0.5) is 0 Å². The van der Waals surface area contributed by atoms with Crippen molar-refractivity contribution in [2.45, 2.75) is 4.90 Å². The number of benzene rings is 3. The molecule has 0 spiro atoms. The van der Waals surface area contributed by atoms with E-state index in [0.29, 0.717) is 17.1 Å². The number of sulfonamides is 1. The van der Waals surface area contributed by atoms with Crippen molar-refractivity contribution in [3.05, 3.63) is 66.2 Å². The highest BCUT2D eigenvalue weighted by atomic mass is 32.2. The molecule has 0 saturated carbocycles. The lowest BCUT2D eigenvalue weighted by atomic mass is 10.1. The van der Waals surface area contributed by atoms with Crippen LogP contribution in [-0.2, 0) is 14.8 Å². The van der Waals surface area contributed by atoms with Crippen LogP contribution in [0, 0.1) is 0 Å². The predicted octanol–water partition coefficient (Wildman–Crippen LogP) is 2.12. The van der Waals surface area contributed by atoms with Crippen molar-refractivity contribution < 1.29 is 27.5 Å². The molecule has 1 aliphatic rings. The molecule has 9 nitrogen and oxygen atoms in total. The van der Waals surface area contributed by atoms with Gasteiger partial charge in [-0.1, -0.05) is 30.3 Å². The van der Waals surface area contributed by atoms with Gasteiger partial charge in [-0.05, 0) is 35.0 Å². The standard InChI is InChI=1S/C25H27N3O6S/c1-33-21-13-20(14-22(16-21)34-2)25(30)26-17-24(29)27-9-11-28(12-10-27)35(31,32)23-8-7-18-5-3-4-6-19(18)15-23/h3-8,13-16H,9-12,17H2,1-2H3,(H,26,30). The first kappa shape index (κ1) is 24.5. The topological polar surface area (TPSA) is 105 Å². The zero-order valence-electron chi connectivity index (χ0n) is 19.6. The summed E-state index contributed by atoms with van der Waals surface area (Å²) in [5.41, 5.74) is 0.306. The zero-order chi connectivity index (χ0) is 25.0. The van der Waals surface area contributed by atoms with Crippen LogP contribution in [-0.4, -0.2) is 76.4 Å². The van der Waals surface area contributed by atoms with Crippen molar-refractivity contribution in [3.63, 3.8) is 0 Å². The molecule has 0 atom stereocenters. The molecule has 1 aliphatic heterocycles. The summed E-state index contributed by atoms with van der Waals surface area (Å²) < 4.78 is 38.0. The predicted molar refractivity (Wildman–Crippen MR) is 131 cm³/mol. The fourth-order valence-electron chi connectivity index (χ4n) is 3.96. The van der Waals surface area contributed by atoms with Gasteiger partial charge in [0.25, 0.3) is 5.91 Å². The van der Waals surface area contributed by atoms with Crippen LogP contribution in [0.25, 0.3) is 10.8 Å². The zero-order valence-corrected chi connectivity index (χ0v) is 20.4. The number of hydrogen-bond donors (Lipinski definition) is 1. The van der Waals surface area contributed by atoms with Gasteiger partial charge in [-0.25, -0.2) is 8.42 Å². The second-order valence-corrected chi connectivity index (χ2v) is 10.0. The van der Waals surface area contributed by atoms with Gasteiger partial charge >= 0.3 is 0 Å². The molecule has 1 saturated heterocycles. The Hall–Kier alpha value is -3.63. The van der Waals surface area contributed by atoms with E-state index in [1.165, 1.54) is 18.5 Å². The van der Waals surface area contributed by atoms with Crippen LogP contribution < -0.4 is 14.8 Å². The van der Waals surface area contributed by atoms with Gasteiger partial charge in [0.1, 0.15) is 11.5 Å². The molecule has 0 aromatic heterocycles. The molecule has 1 heterocycles. The lowest BCUT2D eigenvalue weighted by Gasteiger charge is -2.34. The SMILES string of the molecule is COc1cc(OC)cc(C(=O)NCC(=O)N2CCN(S(=O)(=O)c3ccc4ccccc4c3)CC2)c1. The van der Waals surface area contributed by atoms with Gasteiger partial charge < -0.3 is 19.7 Å². The Morgan fingerprint density at radius 1 is 0.857 bits per heavy atom. The molecule has 0 radical (unpaired) electrons. The van der Waals surface area contributed by atoms with Crippen molar-refractivity contribution in [1.82, 2.24) is 14.5 Å². The van der Waals surface area contributed by atoms with Gasteiger partial charge in [0, 0.05) is 37.8 Å².